The number of hydrogen-bond acceptors (Lipinski definition) is 3. The van der Waals surface area contributed by atoms with E-state index in [-0.39, 0.29) is 17.2 Å². The average Bonchev–Trinajstić information content (AvgIpc) is 2.47. The molecule has 0 fully saturated rings. The highest BCUT2D eigenvalue weighted by Gasteiger charge is 2.20. The number of methoxy groups -OCH3 is 1. The molecule has 7 heteroatoms. The summed E-state index contributed by atoms with van der Waals surface area (Å²) in [5.41, 5.74) is 0.735. The zero-order valence-corrected chi connectivity index (χ0v) is 12.7. The van der Waals surface area contributed by atoms with Crippen molar-refractivity contribution in [1.29, 1.82) is 0 Å². The van der Waals surface area contributed by atoms with E-state index in [9.17, 15) is 12.8 Å². The third-order valence-corrected chi connectivity index (χ3v) is 4.47. The van der Waals surface area contributed by atoms with Gasteiger partial charge in [0.1, 0.15) is 16.5 Å². The second-order valence-electron chi connectivity index (χ2n) is 4.25. The van der Waals surface area contributed by atoms with Crippen molar-refractivity contribution in [3.05, 3.63) is 58.9 Å². The molecule has 0 radical (unpaired) electrons. The van der Waals surface area contributed by atoms with Gasteiger partial charge in [-0.15, -0.1) is 0 Å². The van der Waals surface area contributed by atoms with Gasteiger partial charge in [0.2, 0.25) is 10.0 Å². The van der Waals surface area contributed by atoms with Gasteiger partial charge in [-0.2, -0.15) is 0 Å². The first-order valence-corrected chi connectivity index (χ1v) is 7.86. The summed E-state index contributed by atoms with van der Waals surface area (Å²) in [4.78, 5) is -0.237. The molecule has 2 aromatic carbocycles. The molecule has 0 bridgehead atoms. The van der Waals surface area contributed by atoms with Gasteiger partial charge in [0.25, 0.3) is 0 Å². The Kier molecular flexibility index (Phi) is 4.82. The lowest BCUT2D eigenvalue weighted by molar-refractivity contribution is 0.400. The van der Waals surface area contributed by atoms with E-state index in [0.717, 1.165) is 17.7 Å². The Hall–Kier alpha value is -1.63. The SMILES string of the molecule is COc1ccc(F)cc1S(=O)(=O)NCc1ccc(Cl)cc1. The van der Waals surface area contributed by atoms with E-state index in [1.807, 2.05) is 0 Å². The van der Waals surface area contributed by atoms with Crippen LogP contribution in [0.3, 0.4) is 0 Å². The highest BCUT2D eigenvalue weighted by atomic mass is 35.5. The minimum Gasteiger partial charge on any atom is -0.495 e. The van der Waals surface area contributed by atoms with Gasteiger partial charge < -0.3 is 4.74 Å². The third kappa shape index (κ3) is 3.93. The minimum atomic E-state index is -3.88. The predicted octanol–water partition coefficient (Wildman–Crippen LogP) is 2.97. The van der Waals surface area contributed by atoms with Crippen molar-refractivity contribution >= 4 is 21.6 Å². The Morgan fingerprint density at radius 3 is 2.48 bits per heavy atom. The summed E-state index contributed by atoms with van der Waals surface area (Å²) in [5.74, 6) is -0.567. The molecular weight excluding hydrogens is 317 g/mol. The van der Waals surface area contributed by atoms with Crippen molar-refractivity contribution in [2.24, 2.45) is 0 Å². The molecule has 0 atom stereocenters. The molecule has 0 heterocycles. The summed E-state index contributed by atoms with van der Waals surface area (Å²) in [5, 5.41) is 0.563. The Labute approximate surface area is 127 Å². The van der Waals surface area contributed by atoms with Crippen molar-refractivity contribution in [3.63, 3.8) is 0 Å². The van der Waals surface area contributed by atoms with E-state index in [0.29, 0.717) is 5.02 Å². The molecule has 112 valence electrons. The first kappa shape index (κ1) is 15.8. The quantitative estimate of drug-likeness (QED) is 0.917. The van der Waals surface area contributed by atoms with Crippen LogP contribution >= 0.6 is 11.6 Å². The van der Waals surface area contributed by atoms with Gasteiger partial charge in [-0.3, -0.25) is 0 Å². The molecule has 0 aromatic heterocycles. The Bertz CT molecular complexity index is 732. The lowest BCUT2D eigenvalue weighted by atomic mass is 10.2. The van der Waals surface area contributed by atoms with Crippen LogP contribution in [-0.2, 0) is 16.6 Å². The van der Waals surface area contributed by atoms with Crippen molar-refractivity contribution in [2.45, 2.75) is 11.4 Å². The second-order valence-corrected chi connectivity index (χ2v) is 6.42. The molecular formula is C14H13ClFNO3S. The molecule has 0 aliphatic rings. The largest absolute Gasteiger partial charge is 0.495 e. The summed E-state index contributed by atoms with van der Waals surface area (Å²) in [6, 6.07) is 10.1. The summed E-state index contributed by atoms with van der Waals surface area (Å²) in [6.45, 7) is 0.0686. The standard InChI is InChI=1S/C14H13ClFNO3S/c1-20-13-7-6-12(16)8-14(13)21(18,19)17-9-10-2-4-11(15)5-3-10/h2-8,17H,9H2,1H3. The number of sulfonamides is 1. The Balaban J connectivity index is 2.22. The van der Waals surface area contributed by atoms with Crippen molar-refractivity contribution in [2.75, 3.05) is 7.11 Å². The molecule has 0 aliphatic carbocycles. The van der Waals surface area contributed by atoms with Crippen LogP contribution in [-0.4, -0.2) is 15.5 Å². The number of nitrogens with one attached hydrogen (secondary N) is 1. The van der Waals surface area contributed by atoms with Crippen molar-refractivity contribution in [1.82, 2.24) is 4.72 Å². The summed E-state index contributed by atoms with van der Waals surface area (Å²) in [6.07, 6.45) is 0. The number of hydrogen-bond donors (Lipinski definition) is 1. The first-order chi connectivity index (χ1) is 9.92. The van der Waals surface area contributed by atoms with Gasteiger partial charge in [-0.25, -0.2) is 17.5 Å². The molecule has 0 spiro atoms. The first-order valence-electron chi connectivity index (χ1n) is 6.00. The highest BCUT2D eigenvalue weighted by molar-refractivity contribution is 7.89. The Morgan fingerprint density at radius 2 is 1.86 bits per heavy atom. The average molecular weight is 330 g/mol. The van der Waals surface area contributed by atoms with Crippen LogP contribution in [0.5, 0.6) is 5.75 Å². The van der Waals surface area contributed by atoms with E-state index >= 15 is 0 Å². The minimum absolute atomic E-state index is 0.0686. The second kappa shape index (κ2) is 6.43. The molecule has 2 aromatic rings. The van der Waals surface area contributed by atoms with E-state index < -0.39 is 15.8 Å². The molecule has 0 saturated heterocycles. The van der Waals surface area contributed by atoms with Crippen LogP contribution in [0.25, 0.3) is 0 Å². The molecule has 21 heavy (non-hydrogen) atoms. The molecule has 0 unspecified atom stereocenters. The molecule has 1 N–H and O–H groups in total. The fourth-order valence-electron chi connectivity index (χ4n) is 1.72. The molecule has 2 rings (SSSR count). The fourth-order valence-corrected chi connectivity index (χ4v) is 3.04. The maximum absolute atomic E-state index is 13.3. The lowest BCUT2D eigenvalue weighted by Crippen LogP contribution is -2.23. The number of ether oxygens (including phenoxy) is 1. The van der Waals surface area contributed by atoms with Gasteiger partial charge in [0.15, 0.2) is 0 Å². The van der Waals surface area contributed by atoms with Gasteiger partial charge >= 0.3 is 0 Å². The Morgan fingerprint density at radius 1 is 1.19 bits per heavy atom. The molecule has 4 nitrogen and oxygen atoms in total. The smallest absolute Gasteiger partial charge is 0.244 e. The predicted molar refractivity (Wildman–Crippen MR) is 78.4 cm³/mol. The molecule has 0 saturated carbocycles. The summed E-state index contributed by atoms with van der Waals surface area (Å²) < 4.78 is 45.0. The molecule has 0 aliphatic heterocycles. The lowest BCUT2D eigenvalue weighted by Gasteiger charge is -2.11. The zero-order chi connectivity index (χ0) is 15.5. The number of halogens is 2. The third-order valence-electron chi connectivity index (χ3n) is 2.79. The van der Waals surface area contributed by atoms with E-state index in [1.165, 1.54) is 13.2 Å². The maximum atomic E-state index is 13.3. The molecule has 0 amide bonds. The highest BCUT2D eigenvalue weighted by Crippen LogP contribution is 2.24. The normalized spacial score (nSPS) is 11.4. The zero-order valence-electron chi connectivity index (χ0n) is 11.1. The van der Waals surface area contributed by atoms with Gasteiger partial charge in [0.05, 0.1) is 7.11 Å². The van der Waals surface area contributed by atoms with Crippen LogP contribution < -0.4 is 9.46 Å². The van der Waals surface area contributed by atoms with Crippen LogP contribution in [0, 0.1) is 5.82 Å². The topological polar surface area (TPSA) is 55.4 Å². The van der Waals surface area contributed by atoms with Crippen LogP contribution in [0.15, 0.2) is 47.4 Å². The van der Waals surface area contributed by atoms with Gasteiger partial charge in [0, 0.05) is 11.6 Å². The summed E-state index contributed by atoms with van der Waals surface area (Å²) >= 11 is 5.76. The number of benzene rings is 2. The maximum Gasteiger partial charge on any atom is 0.244 e. The van der Waals surface area contributed by atoms with E-state index in [2.05, 4.69) is 4.72 Å². The van der Waals surface area contributed by atoms with Crippen LogP contribution in [0.4, 0.5) is 4.39 Å². The van der Waals surface area contributed by atoms with Crippen LogP contribution in [0.1, 0.15) is 5.56 Å². The van der Waals surface area contributed by atoms with Crippen LogP contribution in [0.2, 0.25) is 5.02 Å². The van der Waals surface area contributed by atoms with Crippen molar-refractivity contribution in [3.8, 4) is 5.75 Å². The summed E-state index contributed by atoms with van der Waals surface area (Å²) in [7, 11) is -2.56. The van der Waals surface area contributed by atoms with Crippen molar-refractivity contribution < 1.29 is 17.5 Å². The van der Waals surface area contributed by atoms with E-state index in [4.69, 9.17) is 16.3 Å². The number of rotatable bonds is 5. The fraction of sp³-hybridized carbons (Fsp3) is 0.143. The van der Waals surface area contributed by atoms with Gasteiger partial charge in [-0.1, -0.05) is 23.7 Å². The monoisotopic (exact) mass is 329 g/mol. The van der Waals surface area contributed by atoms with Gasteiger partial charge in [-0.05, 0) is 35.9 Å². The van der Waals surface area contributed by atoms with E-state index in [1.54, 1.807) is 24.3 Å².